The van der Waals surface area contributed by atoms with Crippen molar-refractivity contribution in [1.29, 1.82) is 0 Å². The Balaban J connectivity index is 1.41. The number of amides is 1. The van der Waals surface area contributed by atoms with E-state index in [-0.39, 0.29) is 17.1 Å². The Morgan fingerprint density at radius 3 is 2.84 bits per heavy atom. The number of nitrogens with zero attached hydrogens (tertiary/aromatic N) is 2. The van der Waals surface area contributed by atoms with Crippen LogP contribution in [0.15, 0.2) is 24.4 Å². The number of rotatable bonds is 6. The van der Waals surface area contributed by atoms with Gasteiger partial charge in [-0.1, -0.05) is 19.1 Å². The molecule has 5 rings (SSSR count). The van der Waals surface area contributed by atoms with Gasteiger partial charge in [0, 0.05) is 31.1 Å². The summed E-state index contributed by atoms with van der Waals surface area (Å²) in [5.74, 6) is 2.20. The molecule has 32 heavy (non-hydrogen) atoms. The molecule has 0 saturated heterocycles. The van der Waals surface area contributed by atoms with Crippen molar-refractivity contribution < 1.29 is 9.18 Å². The highest BCUT2D eigenvalue weighted by atomic mass is 19.1. The van der Waals surface area contributed by atoms with Gasteiger partial charge in [-0.15, -0.1) is 0 Å². The van der Waals surface area contributed by atoms with E-state index in [1.54, 1.807) is 6.07 Å². The second kappa shape index (κ2) is 8.31. The Kier molecular flexibility index (Phi) is 5.63. The zero-order valence-electron chi connectivity index (χ0n) is 19.7. The van der Waals surface area contributed by atoms with E-state index in [2.05, 4.69) is 24.3 Å². The van der Waals surface area contributed by atoms with Crippen molar-refractivity contribution in [3.05, 3.63) is 52.6 Å². The largest absolute Gasteiger partial charge is 0.343 e. The Morgan fingerprint density at radius 2 is 2.06 bits per heavy atom. The Labute approximate surface area is 191 Å². The molecule has 2 aromatic rings. The van der Waals surface area contributed by atoms with E-state index < -0.39 is 0 Å². The number of carbonyl (C=O) groups excluding carboxylic acids is 1. The van der Waals surface area contributed by atoms with Gasteiger partial charge in [-0.25, -0.2) is 4.39 Å². The first-order valence-electron chi connectivity index (χ1n) is 12.6. The zero-order valence-corrected chi connectivity index (χ0v) is 19.7. The van der Waals surface area contributed by atoms with Gasteiger partial charge in [0.1, 0.15) is 5.82 Å². The molecule has 3 unspecified atom stereocenters. The monoisotopic (exact) mass is 437 g/mol. The fourth-order valence-electron chi connectivity index (χ4n) is 7.62. The fraction of sp³-hybridized carbons (Fsp3) is 0.630. The van der Waals surface area contributed by atoms with Gasteiger partial charge in [0.05, 0.1) is 5.69 Å². The number of aromatic amines is 1. The summed E-state index contributed by atoms with van der Waals surface area (Å²) in [5.41, 5.74) is 4.92. The van der Waals surface area contributed by atoms with Crippen LogP contribution in [-0.4, -0.2) is 34.1 Å². The highest BCUT2D eigenvalue weighted by molar-refractivity contribution is 5.76. The lowest BCUT2D eigenvalue weighted by Crippen LogP contribution is -2.44. The summed E-state index contributed by atoms with van der Waals surface area (Å²) in [6.07, 6.45) is 8.78. The number of aromatic nitrogens is 2. The second-order valence-corrected chi connectivity index (χ2v) is 10.4. The van der Waals surface area contributed by atoms with Crippen LogP contribution in [-0.2, 0) is 16.6 Å². The summed E-state index contributed by atoms with van der Waals surface area (Å²) in [7, 11) is 0. The van der Waals surface area contributed by atoms with Gasteiger partial charge in [-0.3, -0.25) is 9.89 Å². The molecule has 1 amide bonds. The molecular formula is C27H36FN3O. The van der Waals surface area contributed by atoms with Crippen LogP contribution in [0.25, 0.3) is 0 Å². The maximum atomic E-state index is 14.5. The minimum absolute atomic E-state index is 0.0275. The Morgan fingerprint density at radius 1 is 1.25 bits per heavy atom. The van der Waals surface area contributed by atoms with Gasteiger partial charge in [-0.05, 0) is 98.8 Å². The van der Waals surface area contributed by atoms with Crippen LogP contribution >= 0.6 is 0 Å². The maximum Gasteiger partial charge on any atom is 0.222 e. The molecule has 3 aliphatic rings. The van der Waals surface area contributed by atoms with Crippen molar-refractivity contribution >= 4 is 5.91 Å². The van der Waals surface area contributed by atoms with Crippen molar-refractivity contribution in [2.75, 3.05) is 13.1 Å². The molecule has 5 atom stereocenters. The molecule has 1 heterocycles. The van der Waals surface area contributed by atoms with Crippen molar-refractivity contribution in [3.8, 4) is 0 Å². The SMILES string of the molecule is CCN(CC)C(=O)CCC[C@@H]1c2c[nH]nc2[C@@]2(C)CCC3c4cccc(F)c4CCC3C12. The van der Waals surface area contributed by atoms with Crippen molar-refractivity contribution in [2.24, 2.45) is 11.8 Å². The molecule has 0 spiro atoms. The molecule has 4 nitrogen and oxygen atoms in total. The van der Waals surface area contributed by atoms with Crippen LogP contribution in [0.2, 0.25) is 0 Å². The van der Waals surface area contributed by atoms with E-state index in [0.29, 0.717) is 30.1 Å². The standard InChI is InChI=1S/C27H36FN3O/c1-4-31(5-2)24(32)11-7-9-20-22-16-29-30-26(22)27(3)15-14-18-17-8-6-10-23(28)19(17)12-13-21(18)25(20)27/h6,8,10,16,18,20-21,25H,4-5,7,9,11-15H2,1-3H3,(H,29,30)/t18?,20-,21?,25?,27+/m1/s1. The summed E-state index contributed by atoms with van der Waals surface area (Å²) in [5, 5.41) is 7.88. The summed E-state index contributed by atoms with van der Waals surface area (Å²) < 4.78 is 14.5. The third-order valence-electron chi connectivity index (χ3n) is 9.04. The molecule has 3 aliphatic carbocycles. The first-order valence-corrected chi connectivity index (χ1v) is 12.6. The van der Waals surface area contributed by atoms with E-state index in [0.717, 1.165) is 57.2 Å². The Hall–Kier alpha value is -2.17. The van der Waals surface area contributed by atoms with Crippen LogP contribution in [0, 0.1) is 17.7 Å². The van der Waals surface area contributed by atoms with Crippen LogP contribution in [0.1, 0.15) is 93.5 Å². The van der Waals surface area contributed by atoms with Gasteiger partial charge in [0.15, 0.2) is 0 Å². The zero-order chi connectivity index (χ0) is 22.5. The minimum Gasteiger partial charge on any atom is -0.343 e. The normalized spacial score (nSPS) is 30.2. The lowest BCUT2D eigenvalue weighted by atomic mass is 9.53. The molecule has 172 valence electrons. The fourth-order valence-corrected chi connectivity index (χ4v) is 7.62. The third kappa shape index (κ3) is 3.22. The summed E-state index contributed by atoms with van der Waals surface area (Å²) in [4.78, 5) is 14.5. The molecule has 1 fully saturated rings. The quantitative estimate of drug-likeness (QED) is 0.630. The van der Waals surface area contributed by atoms with Crippen LogP contribution in [0.4, 0.5) is 4.39 Å². The average molecular weight is 438 g/mol. The Bertz CT molecular complexity index is 997. The number of H-pyrrole nitrogens is 1. The topological polar surface area (TPSA) is 49.0 Å². The average Bonchev–Trinajstić information content (AvgIpc) is 3.36. The third-order valence-corrected chi connectivity index (χ3v) is 9.04. The molecule has 1 N–H and O–H groups in total. The van der Waals surface area contributed by atoms with E-state index in [4.69, 9.17) is 5.10 Å². The number of benzene rings is 1. The molecule has 1 saturated carbocycles. The number of halogens is 1. The van der Waals surface area contributed by atoms with Gasteiger partial charge >= 0.3 is 0 Å². The van der Waals surface area contributed by atoms with Crippen LogP contribution in [0.5, 0.6) is 0 Å². The number of carbonyl (C=O) groups is 1. The second-order valence-electron chi connectivity index (χ2n) is 10.4. The van der Waals surface area contributed by atoms with Crippen molar-refractivity contribution in [3.63, 3.8) is 0 Å². The minimum atomic E-state index is -0.0275. The van der Waals surface area contributed by atoms with Crippen molar-refractivity contribution in [1.82, 2.24) is 15.1 Å². The summed E-state index contributed by atoms with van der Waals surface area (Å²) in [6, 6.07) is 5.68. The lowest BCUT2D eigenvalue weighted by molar-refractivity contribution is -0.130. The van der Waals surface area contributed by atoms with Gasteiger partial charge in [0.25, 0.3) is 0 Å². The van der Waals surface area contributed by atoms with E-state index in [9.17, 15) is 9.18 Å². The van der Waals surface area contributed by atoms with E-state index in [1.807, 2.05) is 24.8 Å². The molecule has 1 aromatic carbocycles. The maximum absolute atomic E-state index is 14.5. The molecule has 0 aliphatic heterocycles. The molecule has 0 bridgehead atoms. The first kappa shape index (κ1) is 21.7. The number of hydrogen-bond donors (Lipinski definition) is 1. The molecule has 1 aromatic heterocycles. The summed E-state index contributed by atoms with van der Waals surface area (Å²) in [6.45, 7) is 8.08. The predicted molar refractivity (Wildman–Crippen MR) is 124 cm³/mol. The number of nitrogens with one attached hydrogen (secondary N) is 1. The molecular weight excluding hydrogens is 401 g/mol. The highest BCUT2D eigenvalue weighted by Gasteiger charge is 2.58. The summed E-state index contributed by atoms with van der Waals surface area (Å²) >= 11 is 0. The molecule has 5 heteroatoms. The predicted octanol–water partition coefficient (Wildman–Crippen LogP) is 5.70. The van der Waals surface area contributed by atoms with Gasteiger partial charge < -0.3 is 4.90 Å². The highest BCUT2D eigenvalue weighted by Crippen LogP contribution is 2.64. The van der Waals surface area contributed by atoms with Crippen LogP contribution < -0.4 is 0 Å². The van der Waals surface area contributed by atoms with E-state index in [1.165, 1.54) is 16.8 Å². The van der Waals surface area contributed by atoms with E-state index >= 15 is 0 Å². The molecule has 0 radical (unpaired) electrons. The smallest absolute Gasteiger partial charge is 0.222 e. The van der Waals surface area contributed by atoms with Crippen molar-refractivity contribution in [2.45, 2.75) is 83.0 Å². The number of hydrogen-bond acceptors (Lipinski definition) is 2. The van der Waals surface area contributed by atoms with Gasteiger partial charge in [-0.2, -0.15) is 5.10 Å². The first-order chi connectivity index (χ1) is 15.5. The van der Waals surface area contributed by atoms with Crippen LogP contribution in [0.3, 0.4) is 0 Å². The number of fused-ring (bicyclic) bond motifs is 7. The van der Waals surface area contributed by atoms with Gasteiger partial charge in [0.2, 0.25) is 5.91 Å². The lowest BCUT2D eigenvalue weighted by Gasteiger charge is -2.50.